The van der Waals surface area contributed by atoms with Gasteiger partial charge in [-0.2, -0.15) is 0 Å². The normalized spacial score (nSPS) is 21.5. The number of rotatable bonds is 1. The van der Waals surface area contributed by atoms with Crippen LogP contribution >= 0.6 is 0 Å². The third-order valence-electron chi connectivity index (χ3n) is 5.28. The first-order valence-electron chi connectivity index (χ1n) is 8.04. The zero-order valence-corrected chi connectivity index (χ0v) is 14.1. The van der Waals surface area contributed by atoms with E-state index in [0.717, 1.165) is 18.6 Å². The van der Waals surface area contributed by atoms with E-state index >= 15 is 0 Å². The van der Waals surface area contributed by atoms with Crippen molar-refractivity contribution < 1.29 is 9.59 Å². The first-order chi connectivity index (χ1) is 11.4. The Balaban J connectivity index is 1.83. The summed E-state index contributed by atoms with van der Waals surface area (Å²) in [4.78, 5) is 30.7. The Hall–Kier alpha value is -2.48. The highest BCUT2D eigenvalue weighted by atomic mass is 16.2. The Morgan fingerprint density at radius 2 is 1.79 bits per heavy atom. The molecule has 0 aliphatic carbocycles. The molecule has 1 aromatic heterocycles. The van der Waals surface area contributed by atoms with Crippen LogP contribution in [0.5, 0.6) is 0 Å². The third-order valence-corrected chi connectivity index (χ3v) is 5.28. The third kappa shape index (κ3) is 1.89. The monoisotopic (exact) mass is 328 g/mol. The number of nitrogens with zero attached hydrogens (tertiary/aromatic N) is 6. The maximum Gasteiger partial charge on any atom is 0.331 e. The number of fused-ring (bicyclic) bond motifs is 1. The lowest BCUT2D eigenvalue weighted by Crippen LogP contribution is -2.56. The first-order valence-corrected chi connectivity index (χ1v) is 8.04. The van der Waals surface area contributed by atoms with Gasteiger partial charge in [0.15, 0.2) is 0 Å². The van der Waals surface area contributed by atoms with Crippen LogP contribution in [0.15, 0.2) is 18.2 Å². The second-order valence-corrected chi connectivity index (χ2v) is 6.70. The molecule has 0 unspecified atom stereocenters. The number of likely N-dealkylation sites (tertiary alicyclic amines) is 1. The molecule has 0 atom stereocenters. The smallest absolute Gasteiger partial charge is 0.306 e. The van der Waals surface area contributed by atoms with E-state index in [1.807, 2.05) is 32.3 Å². The average molecular weight is 328 g/mol. The molecule has 0 bridgehead atoms. The molecule has 2 saturated heterocycles. The molecule has 24 heavy (non-hydrogen) atoms. The minimum absolute atomic E-state index is 0.111. The van der Waals surface area contributed by atoms with Gasteiger partial charge < -0.3 is 4.90 Å². The van der Waals surface area contributed by atoms with Gasteiger partial charge in [0, 0.05) is 32.9 Å². The summed E-state index contributed by atoms with van der Waals surface area (Å²) in [6.07, 6.45) is 1.27. The minimum atomic E-state index is -0.784. The largest absolute Gasteiger partial charge is 0.331 e. The van der Waals surface area contributed by atoms with Crippen molar-refractivity contribution in [2.24, 2.45) is 7.05 Å². The minimum Gasteiger partial charge on any atom is -0.306 e. The molecule has 2 aromatic rings. The fourth-order valence-corrected chi connectivity index (χ4v) is 3.78. The highest BCUT2D eigenvalue weighted by molar-refractivity contribution is 6.17. The second-order valence-electron chi connectivity index (χ2n) is 6.70. The summed E-state index contributed by atoms with van der Waals surface area (Å²) in [6.45, 7) is 1.58. The number of amides is 3. The van der Waals surface area contributed by atoms with Gasteiger partial charge in [0.2, 0.25) is 0 Å². The van der Waals surface area contributed by atoms with E-state index in [1.165, 1.54) is 4.90 Å². The Morgan fingerprint density at radius 1 is 1.08 bits per heavy atom. The number of likely N-dealkylation sites (N-methyl/N-ethyl adjacent to an activating group) is 1. The van der Waals surface area contributed by atoms with Gasteiger partial charge in [0.1, 0.15) is 11.1 Å². The highest BCUT2D eigenvalue weighted by Crippen LogP contribution is 2.40. The number of carbonyl (C=O) groups excluding carboxylic acids is 2. The van der Waals surface area contributed by atoms with Gasteiger partial charge >= 0.3 is 6.03 Å². The molecule has 2 aliphatic rings. The molecule has 126 valence electrons. The summed E-state index contributed by atoms with van der Waals surface area (Å²) >= 11 is 0. The predicted octanol–water partition coefficient (Wildman–Crippen LogP) is 0.831. The van der Waals surface area contributed by atoms with Crippen LogP contribution in [0.1, 0.15) is 12.8 Å². The van der Waals surface area contributed by atoms with Crippen molar-refractivity contribution in [1.82, 2.24) is 24.8 Å². The zero-order valence-electron chi connectivity index (χ0n) is 14.1. The molecule has 0 saturated carbocycles. The molecule has 0 N–H and O–H groups in total. The summed E-state index contributed by atoms with van der Waals surface area (Å²) < 4.78 is 1.69. The van der Waals surface area contributed by atoms with Crippen molar-refractivity contribution in [3.05, 3.63) is 18.2 Å². The van der Waals surface area contributed by atoms with E-state index in [9.17, 15) is 9.59 Å². The maximum atomic E-state index is 12.9. The number of carbonyl (C=O) groups is 2. The molecule has 8 nitrogen and oxygen atoms in total. The van der Waals surface area contributed by atoms with E-state index in [-0.39, 0.29) is 11.9 Å². The lowest BCUT2D eigenvalue weighted by atomic mass is 9.85. The predicted molar refractivity (Wildman–Crippen MR) is 88.6 cm³/mol. The van der Waals surface area contributed by atoms with Crippen LogP contribution in [0.4, 0.5) is 10.5 Å². The van der Waals surface area contributed by atoms with Crippen LogP contribution in [0, 0.1) is 0 Å². The van der Waals surface area contributed by atoms with Crippen molar-refractivity contribution in [1.29, 1.82) is 0 Å². The van der Waals surface area contributed by atoms with E-state index in [0.29, 0.717) is 24.0 Å². The lowest BCUT2D eigenvalue weighted by Gasteiger charge is -2.41. The van der Waals surface area contributed by atoms with E-state index in [4.69, 9.17) is 0 Å². The number of hydrogen-bond donors (Lipinski definition) is 0. The highest BCUT2D eigenvalue weighted by Gasteiger charge is 2.57. The summed E-state index contributed by atoms with van der Waals surface area (Å²) in [6, 6.07) is 5.33. The summed E-state index contributed by atoms with van der Waals surface area (Å²) in [5, 5.41) is 8.13. The maximum absolute atomic E-state index is 12.9. The number of piperidine rings is 1. The Kier molecular flexibility index (Phi) is 3.14. The van der Waals surface area contributed by atoms with Gasteiger partial charge in [-0.1, -0.05) is 5.21 Å². The quantitative estimate of drug-likeness (QED) is 0.725. The molecule has 4 rings (SSSR count). The number of benzene rings is 1. The molecule has 3 amide bonds. The van der Waals surface area contributed by atoms with E-state index in [2.05, 4.69) is 15.2 Å². The molecule has 1 spiro atoms. The zero-order chi connectivity index (χ0) is 17.1. The number of anilines is 1. The van der Waals surface area contributed by atoms with Crippen molar-refractivity contribution >= 4 is 28.7 Å². The van der Waals surface area contributed by atoms with Gasteiger partial charge in [-0.25, -0.2) is 9.48 Å². The standard InChI is InChI=1S/C16H20N6O2/c1-19-8-6-16(7-9-19)14(23)20(2)15(24)22(16)11-4-5-13-12(10-11)17-18-21(13)3/h4-5,10H,6-9H2,1-3H3. The van der Waals surface area contributed by atoms with Crippen molar-refractivity contribution in [2.75, 3.05) is 32.1 Å². The Labute approximate surface area is 139 Å². The number of aryl methyl sites for hydroxylation is 1. The fraction of sp³-hybridized carbons (Fsp3) is 0.500. The summed E-state index contributed by atoms with van der Waals surface area (Å²) in [7, 11) is 5.42. The number of aromatic nitrogens is 3. The van der Waals surface area contributed by atoms with Gasteiger partial charge in [-0.15, -0.1) is 5.10 Å². The number of imide groups is 1. The van der Waals surface area contributed by atoms with Gasteiger partial charge in [0.25, 0.3) is 5.91 Å². The van der Waals surface area contributed by atoms with Crippen LogP contribution < -0.4 is 4.90 Å². The van der Waals surface area contributed by atoms with Crippen LogP contribution in [0.2, 0.25) is 0 Å². The van der Waals surface area contributed by atoms with Crippen molar-refractivity contribution in [2.45, 2.75) is 18.4 Å². The van der Waals surface area contributed by atoms with Crippen LogP contribution in [0.25, 0.3) is 11.0 Å². The summed E-state index contributed by atoms with van der Waals surface area (Å²) in [5.74, 6) is -0.111. The molecular formula is C16H20N6O2. The van der Waals surface area contributed by atoms with E-state index in [1.54, 1.807) is 16.6 Å². The second kappa shape index (κ2) is 5.01. The van der Waals surface area contributed by atoms with E-state index < -0.39 is 5.54 Å². The number of urea groups is 1. The first kappa shape index (κ1) is 15.1. The van der Waals surface area contributed by atoms with Gasteiger partial charge in [0.05, 0.1) is 5.52 Å². The average Bonchev–Trinajstić information content (AvgIpc) is 3.03. The SMILES string of the molecule is CN1CCC2(CC1)C(=O)N(C)C(=O)N2c1ccc2c(c1)nnn2C. The van der Waals surface area contributed by atoms with Crippen LogP contribution in [-0.2, 0) is 11.8 Å². The number of hydrogen-bond acceptors (Lipinski definition) is 5. The molecule has 0 radical (unpaired) electrons. The Morgan fingerprint density at radius 3 is 2.50 bits per heavy atom. The topological polar surface area (TPSA) is 74.6 Å². The van der Waals surface area contributed by atoms with Gasteiger partial charge in [-0.3, -0.25) is 14.6 Å². The van der Waals surface area contributed by atoms with Crippen molar-refractivity contribution in [3.63, 3.8) is 0 Å². The summed E-state index contributed by atoms with van der Waals surface area (Å²) in [5.41, 5.74) is 1.53. The molecular weight excluding hydrogens is 308 g/mol. The van der Waals surface area contributed by atoms with Crippen LogP contribution in [0.3, 0.4) is 0 Å². The van der Waals surface area contributed by atoms with Crippen molar-refractivity contribution in [3.8, 4) is 0 Å². The Bertz CT molecular complexity index is 836. The van der Waals surface area contributed by atoms with Gasteiger partial charge in [-0.05, 0) is 38.1 Å². The molecule has 2 fully saturated rings. The fourth-order valence-electron chi connectivity index (χ4n) is 3.78. The molecule has 3 heterocycles. The molecule has 2 aliphatic heterocycles. The van der Waals surface area contributed by atoms with Crippen LogP contribution in [-0.4, -0.2) is 69.5 Å². The molecule has 8 heteroatoms. The lowest BCUT2D eigenvalue weighted by molar-refractivity contribution is -0.131. The molecule has 1 aromatic carbocycles.